The smallest absolute Gasteiger partial charge is 0.250 e. The third-order valence-corrected chi connectivity index (χ3v) is 6.77. The SMILES string of the molecule is CC[C@H](C)[C@H](NS(=O)(=O)c1ccc(Cl)s1)C(O)C(C)(C)C. The van der Waals surface area contributed by atoms with Gasteiger partial charge >= 0.3 is 0 Å². The number of aliphatic hydroxyl groups is 1. The Morgan fingerprint density at radius 2 is 1.95 bits per heavy atom. The predicted octanol–water partition coefficient (Wildman–Crippen LogP) is 3.50. The molecule has 0 aromatic carbocycles. The van der Waals surface area contributed by atoms with Crippen LogP contribution in [0.2, 0.25) is 4.34 Å². The maximum absolute atomic E-state index is 12.4. The first-order valence-corrected chi connectivity index (χ1v) is 9.62. The highest BCUT2D eigenvalue weighted by Gasteiger charge is 2.36. The van der Waals surface area contributed by atoms with Crippen LogP contribution in [0.15, 0.2) is 16.3 Å². The second-order valence-corrected chi connectivity index (χ2v) is 10.1. The number of sulfonamides is 1. The molecule has 122 valence electrons. The van der Waals surface area contributed by atoms with Crippen LogP contribution in [0.25, 0.3) is 0 Å². The lowest BCUT2D eigenvalue weighted by atomic mass is 9.80. The largest absolute Gasteiger partial charge is 0.391 e. The Morgan fingerprint density at radius 1 is 1.38 bits per heavy atom. The monoisotopic (exact) mass is 353 g/mol. The molecule has 0 fully saturated rings. The van der Waals surface area contributed by atoms with Crippen LogP contribution in [-0.2, 0) is 10.0 Å². The standard InChI is InChI=1S/C14H24ClNO3S2/c1-6-9(2)12(13(17)14(3,4)5)16-21(18,19)11-8-7-10(15)20-11/h7-9,12-13,16-17H,6H2,1-5H3/t9-,12-,13?/m0/s1. The Kier molecular flexibility index (Phi) is 6.27. The Balaban J connectivity index is 3.07. The minimum atomic E-state index is -3.68. The molecule has 21 heavy (non-hydrogen) atoms. The van der Waals surface area contributed by atoms with E-state index in [9.17, 15) is 13.5 Å². The number of thiophene rings is 1. The summed E-state index contributed by atoms with van der Waals surface area (Å²) in [5.74, 6) is 0.0180. The summed E-state index contributed by atoms with van der Waals surface area (Å²) in [7, 11) is -3.68. The molecule has 0 saturated heterocycles. The maximum Gasteiger partial charge on any atom is 0.250 e. The van der Waals surface area contributed by atoms with Crippen LogP contribution < -0.4 is 4.72 Å². The average Bonchev–Trinajstić information content (AvgIpc) is 2.80. The summed E-state index contributed by atoms with van der Waals surface area (Å²) in [4.78, 5) is 0. The van der Waals surface area contributed by atoms with E-state index in [1.807, 2.05) is 34.6 Å². The zero-order valence-corrected chi connectivity index (χ0v) is 15.4. The van der Waals surface area contributed by atoms with Crippen LogP contribution >= 0.6 is 22.9 Å². The van der Waals surface area contributed by atoms with Crippen LogP contribution in [0.3, 0.4) is 0 Å². The molecule has 4 nitrogen and oxygen atoms in total. The molecule has 1 aromatic heterocycles. The van der Waals surface area contributed by atoms with Crippen LogP contribution in [0.1, 0.15) is 41.0 Å². The van der Waals surface area contributed by atoms with Gasteiger partial charge in [-0.1, -0.05) is 52.6 Å². The lowest BCUT2D eigenvalue weighted by Crippen LogP contribution is -2.51. The number of halogens is 1. The van der Waals surface area contributed by atoms with Gasteiger partial charge in [0.2, 0.25) is 10.0 Å². The van der Waals surface area contributed by atoms with E-state index >= 15 is 0 Å². The van der Waals surface area contributed by atoms with Gasteiger partial charge in [0, 0.05) is 0 Å². The average molecular weight is 354 g/mol. The molecule has 0 radical (unpaired) electrons. The van der Waals surface area contributed by atoms with Gasteiger partial charge in [-0.25, -0.2) is 13.1 Å². The Morgan fingerprint density at radius 3 is 2.33 bits per heavy atom. The first-order valence-electron chi connectivity index (χ1n) is 6.94. The van der Waals surface area contributed by atoms with Crippen molar-refractivity contribution in [1.29, 1.82) is 0 Å². The molecule has 2 N–H and O–H groups in total. The highest BCUT2D eigenvalue weighted by atomic mass is 35.5. The van der Waals surface area contributed by atoms with Gasteiger partial charge < -0.3 is 5.11 Å². The lowest BCUT2D eigenvalue weighted by Gasteiger charge is -2.36. The van der Waals surface area contributed by atoms with Gasteiger partial charge in [-0.2, -0.15) is 0 Å². The van der Waals surface area contributed by atoms with Crippen molar-refractivity contribution < 1.29 is 13.5 Å². The maximum atomic E-state index is 12.4. The Labute approximate surface area is 136 Å². The zero-order valence-electron chi connectivity index (χ0n) is 13.1. The molecule has 0 bridgehead atoms. The molecule has 1 rings (SSSR count). The predicted molar refractivity (Wildman–Crippen MR) is 88.4 cm³/mol. The molecule has 0 saturated carbocycles. The number of hydrogen-bond donors (Lipinski definition) is 2. The van der Waals surface area contributed by atoms with Gasteiger partial charge in [-0.15, -0.1) is 11.3 Å². The van der Waals surface area contributed by atoms with Crippen molar-refractivity contribution in [1.82, 2.24) is 4.72 Å². The second-order valence-electron chi connectivity index (χ2n) is 6.40. The number of rotatable bonds is 6. The molecular weight excluding hydrogens is 330 g/mol. The van der Waals surface area contributed by atoms with Gasteiger partial charge in [0.05, 0.1) is 16.5 Å². The first kappa shape index (κ1) is 18.9. The van der Waals surface area contributed by atoms with Crippen molar-refractivity contribution >= 4 is 33.0 Å². The van der Waals surface area contributed by atoms with Gasteiger partial charge in [0.15, 0.2) is 0 Å². The molecule has 1 unspecified atom stereocenters. The molecule has 7 heteroatoms. The number of hydrogen-bond acceptors (Lipinski definition) is 4. The summed E-state index contributed by atoms with van der Waals surface area (Å²) in [5.41, 5.74) is -0.413. The molecular formula is C14H24ClNO3S2. The van der Waals surface area contributed by atoms with E-state index < -0.39 is 27.6 Å². The van der Waals surface area contributed by atoms with Crippen LogP contribution in [0.5, 0.6) is 0 Å². The fourth-order valence-corrected chi connectivity index (χ4v) is 4.81. The molecule has 0 aliphatic heterocycles. The van der Waals surface area contributed by atoms with E-state index in [-0.39, 0.29) is 10.1 Å². The summed E-state index contributed by atoms with van der Waals surface area (Å²) >= 11 is 6.81. The van der Waals surface area contributed by atoms with E-state index in [1.165, 1.54) is 6.07 Å². The molecule has 3 atom stereocenters. The molecule has 0 aliphatic rings. The van der Waals surface area contributed by atoms with Crippen LogP contribution in [0, 0.1) is 11.3 Å². The summed E-state index contributed by atoms with van der Waals surface area (Å²) in [6, 6.07) is 2.49. The van der Waals surface area contributed by atoms with Gasteiger partial charge in [-0.05, 0) is 23.5 Å². The zero-order chi connectivity index (χ0) is 16.4. The van der Waals surface area contributed by atoms with Crippen LogP contribution in [0.4, 0.5) is 0 Å². The fourth-order valence-electron chi connectivity index (χ4n) is 1.96. The van der Waals surface area contributed by atoms with Crippen molar-refractivity contribution in [3.8, 4) is 0 Å². The summed E-state index contributed by atoms with van der Waals surface area (Å²) in [5, 5.41) is 10.5. The first-order chi connectivity index (χ1) is 9.49. The van der Waals surface area contributed by atoms with E-state index in [0.717, 1.165) is 17.8 Å². The third kappa shape index (κ3) is 4.93. The van der Waals surface area contributed by atoms with E-state index in [4.69, 9.17) is 11.6 Å². The highest BCUT2D eigenvalue weighted by molar-refractivity contribution is 7.91. The number of aliphatic hydroxyl groups excluding tert-OH is 1. The summed E-state index contributed by atoms with van der Waals surface area (Å²) < 4.78 is 28.1. The highest BCUT2D eigenvalue weighted by Crippen LogP contribution is 2.30. The molecule has 0 aliphatic carbocycles. The third-order valence-electron chi connectivity index (χ3n) is 3.59. The summed E-state index contributed by atoms with van der Waals surface area (Å²) in [6.45, 7) is 9.59. The van der Waals surface area contributed by atoms with E-state index in [0.29, 0.717) is 4.34 Å². The van der Waals surface area contributed by atoms with E-state index in [2.05, 4.69) is 4.72 Å². The van der Waals surface area contributed by atoms with Crippen molar-refractivity contribution in [3.63, 3.8) is 0 Å². The topological polar surface area (TPSA) is 66.4 Å². The van der Waals surface area contributed by atoms with E-state index in [1.54, 1.807) is 6.07 Å². The minimum Gasteiger partial charge on any atom is -0.391 e. The Hall–Kier alpha value is -0.140. The Bertz CT molecular complexity index is 563. The van der Waals surface area contributed by atoms with Crippen molar-refractivity contribution in [2.75, 3.05) is 0 Å². The second kappa shape index (κ2) is 6.96. The quantitative estimate of drug-likeness (QED) is 0.822. The van der Waals surface area contributed by atoms with Gasteiger partial charge in [0.1, 0.15) is 4.21 Å². The molecule has 0 amide bonds. The van der Waals surface area contributed by atoms with Crippen molar-refractivity contribution in [3.05, 3.63) is 16.5 Å². The lowest BCUT2D eigenvalue weighted by molar-refractivity contribution is 0.0191. The molecule has 0 spiro atoms. The fraction of sp³-hybridized carbons (Fsp3) is 0.714. The van der Waals surface area contributed by atoms with Crippen molar-refractivity contribution in [2.24, 2.45) is 11.3 Å². The van der Waals surface area contributed by atoms with Gasteiger partial charge in [-0.3, -0.25) is 0 Å². The van der Waals surface area contributed by atoms with Crippen molar-refractivity contribution in [2.45, 2.75) is 57.4 Å². The normalized spacial score (nSPS) is 17.5. The number of nitrogens with one attached hydrogen (secondary N) is 1. The minimum absolute atomic E-state index is 0.0180. The summed E-state index contributed by atoms with van der Waals surface area (Å²) in [6.07, 6.45) is -0.0106. The van der Waals surface area contributed by atoms with Gasteiger partial charge in [0.25, 0.3) is 0 Å². The molecule has 1 aromatic rings. The van der Waals surface area contributed by atoms with Crippen LogP contribution in [-0.4, -0.2) is 25.7 Å². The molecule has 1 heterocycles.